The van der Waals surface area contributed by atoms with Crippen molar-refractivity contribution in [3.8, 4) is 17.3 Å². The highest BCUT2D eigenvalue weighted by Gasteiger charge is 2.40. The van der Waals surface area contributed by atoms with Gasteiger partial charge in [0.05, 0.1) is 17.9 Å². The molecule has 1 amide bonds. The number of piperidine rings is 1. The van der Waals surface area contributed by atoms with Gasteiger partial charge in [0, 0.05) is 37.1 Å². The largest absolute Gasteiger partial charge is 0.494 e. The average Bonchev–Trinajstić information content (AvgIpc) is 3.40. The molecule has 11 heteroatoms. The van der Waals surface area contributed by atoms with Gasteiger partial charge in [-0.2, -0.15) is 0 Å². The van der Waals surface area contributed by atoms with Crippen molar-refractivity contribution in [3.05, 3.63) is 35.2 Å². The van der Waals surface area contributed by atoms with Crippen LogP contribution >= 0.6 is 11.3 Å². The molecule has 35 heavy (non-hydrogen) atoms. The summed E-state index contributed by atoms with van der Waals surface area (Å²) in [4.78, 5) is 20.6. The van der Waals surface area contributed by atoms with E-state index in [-0.39, 0.29) is 17.2 Å². The number of methoxy groups -OCH3 is 1. The number of carbonyl (C=O) groups is 1. The number of imidazole rings is 1. The number of ether oxygens (including phenoxy) is 1. The number of amides is 1. The smallest absolute Gasteiger partial charge is 0.254 e. The molecular formula is C24H27N5O4S2. The summed E-state index contributed by atoms with van der Waals surface area (Å²) < 4.78 is 35.8. The molecule has 4 aromatic rings. The summed E-state index contributed by atoms with van der Waals surface area (Å²) in [6.07, 6.45) is 3.14. The highest BCUT2D eigenvalue weighted by Crippen LogP contribution is 2.40. The number of likely N-dealkylation sites (tertiary alicyclic amines) is 1. The van der Waals surface area contributed by atoms with E-state index in [9.17, 15) is 13.2 Å². The number of hydrogen-bond acceptors (Lipinski definition) is 7. The zero-order valence-corrected chi connectivity index (χ0v) is 21.2. The van der Waals surface area contributed by atoms with Crippen LogP contribution in [0.2, 0.25) is 0 Å². The molecule has 2 fully saturated rings. The molecule has 0 spiro atoms. The van der Waals surface area contributed by atoms with E-state index in [1.54, 1.807) is 24.1 Å². The molecule has 0 unspecified atom stereocenters. The maximum atomic E-state index is 13.4. The number of nitrogens with two attached hydrogens (primary N) is 1. The first-order valence-corrected chi connectivity index (χ1v) is 14.1. The summed E-state index contributed by atoms with van der Waals surface area (Å²) in [6.45, 7) is 1.19. The minimum Gasteiger partial charge on any atom is -0.494 e. The minimum absolute atomic E-state index is 0.0187. The molecule has 4 heterocycles. The van der Waals surface area contributed by atoms with Crippen molar-refractivity contribution in [1.29, 1.82) is 0 Å². The van der Waals surface area contributed by atoms with Gasteiger partial charge >= 0.3 is 0 Å². The Morgan fingerprint density at radius 2 is 2.03 bits per heavy atom. The maximum absolute atomic E-state index is 13.4. The van der Waals surface area contributed by atoms with E-state index >= 15 is 0 Å². The van der Waals surface area contributed by atoms with Crippen LogP contribution in [0.25, 0.3) is 32.8 Å². The van der Waals surface area contributed by atoms with E-state index in [0.29, 0.717) is 64.6 Å². The lowest BCUT2D eigenvalue weighted by atomic mass is 10.0. The minimum atomic E-state index is -3.54. The number of nitrogens with zero attached hydrogens (tertiary/aromatic N) is 4. The molecule has 1 aliphatic carbocycles. The molecule has 2 N–H and O–H groups in total. The Kier molecular flexibility index (Phi) is 5.20. The number of benzene rings is 1. The van der Waals surface area contributed by atoms with Crippen LogP contribution in [0.5, 0.6) is 5.75 Å². The third-order valence-electron chi connectivity index (χ3n) is 6.95. The molecule has 2 aliphatic rings. The third-order valence-corrected chi connectivity index (χ3v) is 10.2. The monoisotopic (exact) mass is 513 g/mol. The van der Waals surface area contributed by atoms with Gasteiger partial charge in [0.15, 0.2) is 5.82 Å². The predicted molar refractivity (Wildman–Crippen MR) is 137 cm³/mol. The second kappa shape index (κ2) is 8.07. The Hall–Kier alpha value is -2.89. The summed E-state index contributed by atoms with van der Waals surface area (Å²) in [5.74, 6) is 0.918. The second-order valence-corrected chi connectivity index (χ2v) is 12.4. The number of aromatic nitrogens is 3. The van der Waals surface area contributed by atoms with Crippen molar-refractivity contribution < 1.29 is 17.9 Å². The molecule has 9 nitrogen and oxygen atoms in total. The van der Waals surface area contributed by atoms with Crippen molar-refractivity contribution in [2.75, 3.05) is 20.2 Å². The van der Waals surface area contributed by atoms with Crippen LogP contribution in [0.4, 0.5) is 0 Å². The van der Waals surface area contributed by atoms with E-state index in [4.69, 9.17) is 15.5 Å². The summed E-state index contributed by atoms with van der Waals surface area (Å²) >= 11 is 1.41. The van der Waals surface area contributed by atoms with Gasteiger partial charge in [-0.1, -0.05) is 0 Å². The molecule has 3 aromatic heterocycles. The molecular weight excluding hydrogens is 486 g/mol. The molecule has 1 aromatic carbocycles. The maximum Gasteiger partial charge on any atom is 0.254 e. The molecule has 0 bridgehead atoms. The molecule has 1 aliphatic heterocycles. The lowest BCUT2D eigenvalue weighted by molar-refractivity contribution is 0.0708. The summed E-state index contributed by atoms with van der Waals surface area (Å²) in [5, 5.41) is 2.41. The van der Waals surface area contributed by atoms with Crippen LogP contribution in [0.15, 0.2) is 29.6 Å². The van der Waals surface area contributed by atoms with E-state index in [2.05, 4.69) is 0 Å². The Balaban J connectivity index is 1.51. The van der Waals surface area contributed by atoms with Gasteiger partial charge in [0.2, 0.25) is 10.0 Å². The quantitative estimate of drug-likeness (QED) is 0.439. The first-order chi connectivity index (χ1) is 16.8. The summed E-state index contributed by atoms with van der Waals surface area (Å²) in [6, 6.07) is 7.27. The highest BCUT2D eigenvalue weighted by atomic mass is 32.2. The molecule has 184 valence electrons. The number of thiophene rings is 1. The van der Waals surface area contributed by atoms with Gasteiger partial charge in [-0.15, -0.1) is 11.3 Å². The molecule has 0 radical (unpaired) electrons. The molecule has 1 saturated heterocycles. The number of carbonyl (C=O) groups excluding carboxylic acids is 1. The van der Waals surface area contributed by atoms with E-state index in [1.807, 2.05) is 29.1 Å². The van der Waals surface area contributed by atoms with Gasteiger partial charge in [-0.05, 0) is 55.3 Å². The van der Waals surface area contributed by atoms with Crippen LogP contribution in [0.1, 0.15) is 36.0 Å². The first kappa shape index (κ1) is 22.6. The standard InChI is InChI=1S/C24H27N5O4S2/c1-27-21-18(10-15(12-20(21)33-2)23(30)28-8-3-4-16(25)13-28)26-22(27)19-11-14-7-9-34-24(14)29(19)35(31,32)17-5-6-17/h7,9-12,16-17H,3-6,8,13,25H2,1-2H3/t16-/m1/s1. The van der Waals surface area contributed by atoms with Gasteiger partial charge < -0.3 is 19.9 Å². The molecule has 6 rings (SSSR count). The first-order valence-electron chi connectivity index (χ1n) is 11.7. The van der Waals surface area contributed by atoms with Crippen LogP contribution < -0.4 is 10.5 Å². The Labute approximate surface area is 207 Å². The van der Waals surface area contributed by atoms with Crippen molar-refractivity contribution >= 4 is 48.5 Å². The van der Waals surface area contributed by atoms with Crippen LogP contribution in [-0.4, -0.2) is 64.2 Å². The van der Waals surface area contributed by atoms with Crippen molar-refractivity contribution in [3.63, 3.8) is 0 Å². The number of aryl methyl sites for hydroxylation is 1. The fourth-order valence-corrected chi connectivity index (χ4v) is 8.04. The van der Waals surface area contributed by atoms with Crippen LogP contribution in [0, 0.1) is 0 Å². The summed E-state index contributed by atoms with van der Waals surface area (Å²) in [7, 11) is -0.140. The fourth-order valence-electron chi connectivity index (χ4n) is 5.02. The van der Waals surface area contributed by atoms with Gasteiger partial charge in [0.25, 0.3) is 5.91 Å². The highest BCUT2D eigenvalue weighted by molar-refractivity contribution is 7.91. The van der Waals surface area contributed by atoms with Crippen molar-refractivity contribution in [1.82, 2.24) is 18.4 Å². The number of rotatable bonds is 5. The van der Waals surface area contributed by atoms with Gasteiger partial charge in [-0.3, -0.25) is 4.79 Å². The zero-order valence-electron chi connectivity index (χ0n) is 19.6. The normalized spacial score (nSPS) is 19.1. The topological polar surface area (TPSA) is 112 Å². The molecule has 1 atom stereocenters. The Morgan fingerprint density at radius 3 is 2.74 bits per heavy atom. The van der Waals surface area contributed by atoms with Gasteiger partial charge in [0.1, 0.15) is 21.8 Å². The van der Waals surface area contributed by atoms with Crippen molar-refractivity contribution in [2.45, 2.75) is 37.0 Å². The van der Waals surface area contributed by atoms with Crippen LogP contribution in [-0.2, 0) is 17.1 Å². The zero-order chi connectivity index (χ0) is 24.5. The third kappa shape index (κ3) is 3.56. The summed E-state index contributed by atoms with van der Waals surface area (Å²) in [5.41, 5.74) is 8.37. The van der Waals surface area contributed by atoms with Crippen molar-refractivity contribution in [2.24, 2.45) is 12.8 Å². The average molecular weight is 514 g/mol. The number of hydrogen-bond donors (Lipinski definition) is 1. The fraction of sp³-hybridized carbons (Fsp3) is 0.417. The lowest BCUT2D eigenvalue weighted by Crippen LogP contribution is -2.45. The van der Waals surface area contributed by atoms with Gasteiger partial charge in [-0.25, -0.2) is 17.4 Å². The van der Waals surface area contributed by atoms with Crippen LogP contribution in [0.3, 0.4) is 0 Å². The van der Waals surface area contributed by atoms with E-state index < -0.39 is 10.0 Å². The Bertz CT molecular complexity index is 1580. The molecule has 1 saturated carbocycles. The Morgan fingerprint density at radius 1 is 1.23 bits per heavy atom. The predicted octanol–water partition coefficient (Wildman–Crippen LogP) is 3.17. The number of fused-ring (bicyclic) bond motifs is 2. The SMILES string of the molecule is COc1cc(C(=O)N2CCC[C@@H](N)C2)cc2nc(-c3cc4ccsc4n3S(=O)(=O)C3CC3)n(C)c12. The lowest BCUT2D eigenvalue weighted by Gasteiger charge is -2.30. The second-order valence-electron chi connectivity index (χ2n) is 9.41. The van der Waals surface area contributed by atoms with E-state index in [1.165, 1.54) is 15.3 Å². The van der Waals surface area contributed by atoms with E-state index in [0.717, 1.165) is 18.2 Å².